The predicted molar refractivity (Wildman–Crippen MR) is 109 cm³/mol. The number of phenolic OH excluding ortho intramolecular Hbond substituents is 1. The average Bonchev–Trinajstić information content (AvgIpc) is 2.71. The molecule has 2 amide bonds. The maximum atomic E-state index is 12.8. The number of ether oxygens (including phenoxy) is 2. The van der Waals surface area contributed by atoms with Crippen LogP contribution in [0, 0.1) is 6.92 Å². The van der Waals surface area contributed by atoms with Crippen LogP contribution in [-0.4, -0.2) is 77.2 Å². The van der Waals surface area contributed by atoms with Crippen LogP contribution in [0.25, 0.3) is 0 Å². The highest BCUT2D eigenvalue weighted by atomic mass is 32.2. The predicted octanol–water partition coefficient (Wildman–Crippen LogP) is -0.451. The molecule has 1 aromatic rings. The first-order valence-electron chi connectivity index (χ1n) is 9.27. The summed E-state index contributed by atoms with van der Waals surface area (Å²) in [6.07, 6.45) is -0.289. The molecular formula is C19H24N2O9S. The number of methoxy groups -OCH3 is 1. The molecule has 0 bridgehead atoms. The van der Waals surface area contributed by atoms with E-state index in [2.05, 4.69) is 10.6 Å². The molecule has 0 aromatic heterocycles. The molecule has 31 heavy (non-hydrogen) atoms. The fourth-order valence-electron chi connectivity index (χ4n) is 2.94. The van der Waals surface area contributed by atoms with Crippen LogP contribution in [0.5, 0.6) is 11.5 Å². The lowest BCUT2D eigenvalue weighted by molar-refractivity contribution is -0.141. The maximum absolute atomic E-state index is 12.8. The quantitative estimate of drug-likeness (QED) is 0.365. The summed E-state index contributed by atoms with van der Waals surface area (Å²) in [6, 6.07) is -1.31. The number of carbonyl (C=O) groups is 4. The van der Waals surface area contributed by atoms with E-state index in [-0.39, 0.29) is 40.6 Å². The van der Waals surface area contributed by atoms with Crippen molar-refractivity contribution < 1.29 is 44.0 Å². The van der Waals surface area contributed by atoms with E-state index in [0.717, 1.165) is 11.8 Å². The van der Waals surface area contributed by atoms with Gasteiger partial charge in [-0.05, 0) is 6.92 Å². The van der Waals surface area contributed by atoms with Crippen molar-refractivity contribution in [3.05, 3.63) is 22.8 Å². The third kappa shape index (κ3) is 6.01. The van der Waals surface area contributed by atoms with Crippen molar-refractivity contribution in [2.24, 2.45) is 0 Å². The number of phenols is 1. The summed E-state index contributed by atoms with van der Waals surface area (Å²) in [5, 5.41) is 33.3. The molecule has 0 saturated heterocycles. The van der Waals surface area contributed by atoms with E-state index < -0.39 is 49.1 Å². The molecule has 2 atom stereocenters. The van der Waals surface area contributed by atoms with Crippen molar-refractivity contribution in [3.63, 3.8) is 0 Å². The number of amides is 2. The number of thioether (sulfide) groups is 1. The Morgan fingerprint density at radius 3 is 2.71 bits per heavy atom. The van der Waals surface area contributed by atoms with Crippen molar-refractivity contribution >= 4 is 35.5 Å². The zero-order chi connectivity index (χ0) is 23.1. The first-order chi connectivity index (χ1) is 14.7. The van der Waals surface area contributed by atoms with E-state index >= 15 is 0 Å². The van der Waals surface area contributed by atoms with Gasteiger partial charge in [-0.3, -0.25) is 9.59 Å². The van der Waals surface area contributed by atoms with Crippen LogP contribution in [0.3, 0.4) is 0 Å². The number of aliphatic hydroxyl groups excluding tert-OH is 1. The number of fused-ring (bicyclic) bond motifs is 1. The number of carboxylic acid groups (broad SMARTS) is 1. The van der Waals surface area contributed by atoms with Gasteiger partial charge in [0.05, 0.1) is 19.3 Å². The van der Waals surface area contributed by atoms with Crippen LogP contribution < -0.4 is 15.4 Å². The van der Waals surface area contributed by atoms with Gasteiger partial charge in [-0.25, -0.2) is 9.59 Å². The summed E-state index contributed by atoms with van der Waals surface area (Å²) < 4.78 is 10.4. The van der Waals surface area contributed by atoms with E-state index in [4.69, 9.17) is 14.6 Å². The summed E-state index contributed by atoms with van der Waals surface area (Å²) in [4.78, 5) is 48.8. The van der Waals surface area contributed by atoms with Gasteiger partial charge in [-0.2, -0.15) is 11.8 Å². The van der Waals surface area contributed by atoms with Gasteiger partial charge < -0.3 is 35.4 Å². The smallest absolute Gasteiger partial charge is 0.339 e. The molecule has 2 rings (SSSR count). The highest BCUT2D eigenvalue weighted by Gasteiger charge is 2.30. The second kappa shape index (κ2) is 10.9. The molecule has 0 saturated carbocycles. The number of hydrogen-bond donors (Lipinski definition) is 5. The molecule has 1 aliphatic rings. The minimum absolute atomic E-state index is 0.0395. The molecule has 12 heteroatoms. The van der Waals surface area contributed by atoms with E-state index in [0.29, 0.717) is 5.56 Å². The first-order valence-corrected chi connectivity index (χ1v) is 10.4. The Labute approximate surface area is 182 Å². The third-order valence-electron chi connectivity index (χ3n) is 4.56. The zero-order valence-corrected chi connectivity index (χ0v) is 17.8. The first kappa shape index (κ1) is 24.3. The van der Waals surface area contributed by atoms with Gasteiger partial charge in [-0.15, -0.1) is 0 Å². The molecular weight excluding hydrogens is 432 g/mol. The number of benzene rings is 1. The molecule has 11 nitrogen and oxygen atoms in total. The minimum Gasteiger partial charge on any atom is -0.507 e. The van der Waals surface area contributed by atoms with Crippen molar-refractivity contribution in [1.29, 1.82) is 0 Å². The van der Waals surface area contributed by atoms with Gasteiger partial charge in [0, 0.05) is 35.1 Å². The summed E-state index contributed by atoms with van der Waals surface area (Å²) in [7, 11) is 1.37. The van der Waals surface area contributed by atoms with Crippen molar-refractivity contribution in [1.82, 2.24) is 10.6 Å². The number of esters is 1. The van der Waals surface area contributed by atoms with E-state index in [1.807, 2.05) is 0 Å². The Morgan fingerprint density at radius 1 is 1.39 bits per heavy atom. The number of carbonyl (C=O) groups excluding carboxylic acids is 3. The Balaban J connectivity index is 2.45. The van der Waals surface area contributed by atoms with E-state index in [1.165, 1.54) is 13.2 Å². The molecule has 0 aliphatic carbocycles. The lowest BCUT2D eigenvalue weighted by Gasteiger charge is -2.23. The van der Waals surface area contributed by atoms with Gasteiger partial charge in [0.25, 0.3) is 0 Å². The van der Waals surface area contributed by atoms with Crippen LogP contribution in [0.1, 0.15) is 27.9 Å². The van der Waals surface area contributed by atoms with Gasteiger partial charge in [0.1, 0.15) is 30.2 Å². The van der Waals surface area contributed by atoms with Gasteiger partial charge in [-0.1, -0.05) is 0 Å². The van der Waals surface area contributed by atoms with Crippen LogP contribution in [0.4, 0.5) is 0 Å². The third-order valence-corrected chi connectivity index (χ3v) is 5.63. The molecule has 170 valence electrons. The van der Waals surface area contributed by atoms with Crippen molar-refractivity contribution in [3.8, 4) is 11.5 Å². The summed E-state index contributed by atoms with van der Waals surface area (Å²) in [6.45, 7) is 0.556. The highest BCUT2D eigenvalue weighted by molar-refractivity contribution is 7.98. The minimum atomic E-state index is -1.38. The van der Waals surface area contributed by atoms with Gasteiger partial charge >= 0.3 is 11.9 Å². The van der Waals surface area contributed by atoms with Crippen LogP contribution in [0.15, 0.2) is 6.07 Å². The van der Waals surface area contributed by atoms with Crippen molar-refractivity contribution in [2.45, 2.75) is 31.2 Å². The normalized spacial score (nSPS) is 19.7. The number of aliphatic hydroxyl groups is 1. The van der Waals surface area contributed by atoms with Gasteiger partial charge in [0.2, 0.25) is 11.8 Å². The van der Waals surface area contributed by atoms with Crippen LogP contribution in [0.2, 0.25) is 0 Å². The Hall–Kier alpha value is -2.99. The second-order valence-corrected chi connectivity index (χ2v) is 7.71. The molecule has 0 radical (unpaired) electrons. The molecule has 1 aromatic carbocycles. The Kier molecular flexibility index (Phi) is 8.51. The number of carboxylic acids is 1. The van der Waals surface area contributed by atoms with E-state index in [9.17, 15) is 29.4 Å². The molecule has 0 fully saturated rings. The number of hydrogen-bond acceptors (Lipinski definition) is 9. The van der Waals surface area contributed by atoms with Crippen LogP contribution >= 0.6 is 11.8 Å². The highest BCUT2D eigenvalue weighted by Crippen LogP contribution is 2.35. The summed E-state index contributed by atoms with van der Waals surface area (Å²) >= 11 is 1.09. The summed E-state index contributed by atoms with van der Waals surface area (Å²) in [5.41, 5.74) is 0.681. The number of nitrogens with one attached hydrogen (secondary N) is 2. The number of aliphatic carboxylic acids is 1. The summed E-state index contributed by atoms with van der Waals surface area (Å²) in [5.74, 6) is -3.60. The number of rotatable bonds is 5. The Bertz CT molecular complexity index is 874. The fraction of sp³-hybridized carbons (Fsp3) is 0.474. The second-order valence-electron chi connectivity index (χ2n) is 6.68. The Morgan fingerprint density at radius 2 is 2.10 bits per heavy atom. The zero-order valence-electron chi connectivity index (χ0n) is 17.0. The number of aromatic hydroxyl groups is 1. The molecule has 0 unspecified atom stereocenters. The SMILES string of the molecule is COc1cc(O)c2c(c1C)C(=O)OC[C@H](NC(=O)CCO)C(=O)N[C@H](C(=O)O)CSC2. The standard InChI is InChI=1S/C19H24N2O9S/c1-9-14(29-2)5-13(23)10-7-31-8-12(18(26)27)21-17(25)11(20-15(24)3-4-22)6-30-19(28)16(9)10/h5,11-12,22-23H,3-4,6-8H2,1-2H3,(H,20,24)(H,21,25)(H,26,27)/t11-,12-/m0/s1. The number of cyclic esters (lactones) is 1. The largest absolute Gasteiger partial charge is 0.507 e. The fourth-order valence-corrected chi connectivity index (χ4v) is 4.02. The van der Waals surface area contributed by atoms with E-state index in [1.54, 1.807) is 6.92 Å². The average molecular weight is 456 g/mol. The maximum Gasteiger partial charge on any atom is 0.339 e. The molecule has 5 N–H and O–H groups in total. The monoisotopic (exact) mass is 456 g/mol. The molecule has 1 aliphatic heterocycles. The molecule has 1 heterocycles. The topological polar surface area (TPSA) is 171 Å². The lowest BCUT2D eigenvalue weighted by atomic mass is 10.0. The molecule has 0 spiro atoms. The van der Waals surface area contributed by atoms with Crippen molar-refractivity contribution in [2.75, 3.05) is 26.1 Å². The lowest BCUT2D eigenvalue weighted by Crippen LogP contribution is -2.54. The van der Waals surface area contributed by atoms with Crippen LogP contribution in [-0.2, 0) is 24.9 Å². The van der Waals surface area contributed by atoms with Gasteiger partial charge in [0.15, 0.2) is 0 Å².